The number of halogens is 1. The number of anilines is 1. The number of carbonyl (C=O) groups excluding carboxylic acids is 1. The van der Waals surface area contributed by atoms with Crippen molar-refractivity contribution in [3.63, 3.8) is 0 Å². The lowest BCUT2D eigenvalue weighted by Crippen LogP contribution is -2.42. The predicted octanol–water partition coefficient (Wildman–Crippen LogP) is 4.15. The van der Waals surface area contributed by atoms with Gasteiger partial charge >= 0.3 is 0 Å². The lowest BCUT2D eigenvalue weighted by molar-refractivity contribution is -0.128. The number of carbonyl (C=O) groups is 1. The van der Waals surface area contributed by atoms with E-state index in [-0.39, 0.29) is 5.91 Å². The van der Waals surface area contributed by atoms with Crippen LogP contribution in [-0.4, -0.2) is 16.5 Å². The first kappa shape index (κ1) is 16.3. The van der Waals surface area contributed by atoms with E-state index in [1.165, 1.54) is 0 Å². The number of rotatable bonds is 4. The SMILES string of the molecule is Cc1ccc(Cl)c(OC(C)(C)C(=O)Nc2ncccc2C)c1. The Kier molecular flexibility index (Phi) is 4.71. The molecule has 0 saturated heterocycles. The zero-order valence-corrected chi connectivity index (χ0v) is 13.9. The highest BCUT2D eigenvalue weighted by atomic mass is 35.5. The van der Waals surface area contributed by atoms with Crippen LogP contribution >= 0.6 is 11.6 Å². The number of pyridine rings is 1. The second-order valence-electron chi connectivity index (χ2n) is 5.67. The summed E-state index contributed by atoms with van der Waals surface area (Å²) in [6.45, 7) is 7.21. The number of benzene rings is 1. The molecule has 1 aromatic carbocycles. The first-order chi connectivity index (χ1) is 10.3. The zero-order valence-electron chi connectivity index (χ0n) is 13.1. The van der Waals surface area contributed by atoms with Gasteiger partial charge in [0.25, 0.3) is 5.91 Å². The average Bonchev–Trinajstić information content (AvgIpc) is 2.45. The Morgan fingerprint density at radius 3 is 2.68 bits per heavy atom. The highest BCUT2D eigenvalue weighted by Gasteiger charge is 2.31. The van der Waals surface area contributed by atoms with Crippen LogP contribution in [0.15, 0.2) is 36.5 Å². The molecule has 0 unspecified atom stereocenters. The molecule has 2 rings (SSSR count). The van der Waals surface area contributed by atoms with Crippen molar-refractivity contribution < 1.29 is 9.53 Å². The minimum absolute atomic E-state index is 0.285. The molecule has 0 saturated carbocycles. The Bertz CT molecular complexity index is 699. The van der Waals surface area contributed by atoms with Crippen LogP contribution in [-0.2, 0) is 4.79 Å². The molecular formula is C17H19ClN2O2. The minimum atomic E-state index is -1.08. The quantitative estimate of drug-likeness (QED) is 0.921. The maximum atomic E-state index is 12.5. The highest BCUT2D eigenvalue weighted by Crippen LogP contribution is 2.29. The molecule has 0 aliphatic carbocycles. The third kappa shape index (κ3) is 3.77. The molecule has 22 heavy (non-hydrogen) atoms. The van der Waals surface area contributed by atoms with Gasteiger partial charge in [0.2, 0.25) is 0 Å². The van der Waals surface area contributed by atoms with Crippen molar-refractivity contribution >= 4 is 23.3 Å². The van der Waals surface area contributed by atoms with Crippen LogP contribution in [0.25, 0.3) is 0 Å². The highest BCUT2D eigenvalue weighted by molar-refractivity contribution is 6.32. The number of aromatic nitrogens is 1. The van der Waals surface area contributed by atoms with Crippen molar-refractivity contribution in [3.8, 4) is 5.75 Å². The van der Waals surface area contributed by atoms with Crippen LogP contribution in [0.4, 0.5) is 5.82 Å². The van der Waals surface area contributed by atoms with Gasteiger partial charge in [-0.3, -0.25) is 4.79 Å². The van der Waals surface area contributed by atoms with Gasteiger partial charge in [-0.1, -0.05) is 23.7 Å². The third-order valence-electron chi connectivity index (χ3n) is 3.24. The molecule has 0 aliphatic rings. The van der Waals surface area contributed by atoms with E-state index in [1.54, 1.807) is 26.1 Å². The molecule has 0 aliphatic heterocycles. The number of nitrogens with one attached hydrogen (secondary N) is 1. The summed E-state index contributed by atoms with van der Waals surface area (Å²) in [5.74, 6) is 0.728. The maximum absolute atomic E-state index is 12.5. The summed E-state index contributed by atoms with van der Waals surface area (Å²) < 4.78 is 5.82. The summed E-state index contributed by atoms with van der Waals surface area (Å²) in [5.41, 5.74) is 0.818. The van der Waals surface area contributed by atoms with Gasteiger partial charge in [-0.05, 0) is 57.0 Å². The van der Waals surface area contributed by atoms with Crippen LogP contribution in [0, 0.1) is 13.8 Å². The number of aryl methyl sites for hydroxylation is 2. The van der Waals surface area contributed by atoms with Gasteiger partial charge in [-0.15, -0.1) is 0 Å². The van der Waals surface area contributed by atoms with Gasteiger partial charge < -0.3 is 10.1 Å². The second kappa shape index (κ2) is 6.36. The lowest BCUT2D eigenvalue weighted by Gasteiger charge is -2.26. The number of hydrogen-bond donors (Lipinski definition) is 1. The van der Waals surface area contributed by atoms with E-state index in [0.29, 0.717) is 16.6 Å². The summed E-state index contributed by atoms with van der Waals surface area (Å²) in [6, 6.07) is 9.15. The van der Waals surface area contributed by atoms with E-state index in [0.717, 1.165) is 11.1 Å². The fraction of sp³-hybridized carbons (Fsp3) is 0.294. The van der Waals surface area contributed by atoms with Crippen molar-refractivity contribution in [1.82, 2.24) is 4.98 Å². The van der Waals surface area contributed by atoms with E-state index >= 15 is 0 Å². The molecule has 1 heterocycles. The average molecular weight is 319 g/mol. The Balaban J connectivity index is 2.17. The van der Waals surface area contributed by atoms with Crippen molar-refractivity contribution in [3.05, 3.63) is 52.7 Å². The van der Waals surface area contributed by atoms with Crippen molar-refractivity contribution in [2.45, 2.75) is 33.3 Å². The van der Waals surface area contributed by atoms with E-state index in [2.05, 4.69) is 10.3 Å². The smallest absolute Gasteiger partial charge is 0.269 e. The van der Waals surface area contributed by atoms with Crippen LogP contribution in [0.2, 0.25) is 5.02 Å². The molecule has 0 spiro atoms. The molecular weight excluding hydrogens is 300 g/mol. The van der Waals surface area contributed by atoms with Gasteiger partial charge in [0.05, 0.1) is 5.02 Å². The minimum Gasteiger partial charge on any atom is -0.476 e. The summed E-state index contributed by atoms with van der Waals surface area (Å²) in [4.78, 5) is 16.6. The molecule has 1 aromatic heterocycles. The molecule has 0 bridgehead atoms. The van der Waals surface area contributed by atoms with Crippen molar-refractivity contribution in [2.24, 2.45) is 0 Å². The molecule has 1 amide bonds. The number of ether oxygens (including phenoxy) is 1. The Morgan fingerprint density at radius 2 is 2.00 bits per heavy atom. The Labute approximate surface area is 135 Å². The molecule has 116 valence electrons. The summed E-state index contributed by atoms with van der Waals surface area (Å²) in [5, 5.41) is 3.26. The fourth-order valence-electron chi connectivity index (χ4n) is 1.88. The molecule has 0 atom stereocenters. The van der Waals surface area contributed by atoms with E-state index in [1.807, 2.05) is 38.1 Å². The number of nitrogens with zero attached hydrogens (tertiary/aromatic N) is 1. The fourth-order valence-corrected chi connectivity index (χ4v) is 2.04. The zero-order chi connectivity index (χ0) is 16.3. The monoisotopic (exact) mass is 318 g/mol. The molecule has 5 heteroatoms. The molecule has 0 fully saturated rings. The van der Waals surface area contributed by atoms with E-state index < -0.39 is 5.60 Å². The van der Waals surface area contributed by atoms with Gasteiger partial charge in [-0.2, -0.15) is 0 Å². The van der Waals surface area contributed by atoms with Gasteiger partial charge in [0.1, 0.15) is 11.6 Å². The van der Waals surface area contributed by atoms with Crippen LogP contribution in [0.1, 0.15) is 25.0 Å². The third-order valence-corrected chi connectivity index (χ3v) is 3.55. The Morgan fingerprint density at radius 1 is 1.27 bits per heavy atom. The second-order valence-corrected chi connectivity index (χ2v) is 6.08. The van der Waals surface area contributed by atoms with Crippen molar-refractivity contribution in [1.29, 1.82) is 0 Å². The maximum Gasteiger partial charge on any atom is 0.269 e. The number of amides is 1. The van der Waals surface area contributed by atoms with E-state index in [4.69, 9.17) is 16.3 Å². The largest absolute Gasteiger partial charge is 0.476 e. The van der Waals surface area contributed by atoms with Crippen LogP contribution < -0.4 is 10.1 Å². The topological polar surface area (TPSA) is 51.2 Å². The van der Waals surface area contributed by atoms with E-state index in [9.17, 15) is 4.79 Å². The van der Waals surface area contributed by atoms with Crippen LogP contribution in [0.5, 0.6) is 5.75 Å². The molecule has 2 aromatic rings. The van der Waals surface area contributed by atoms with Crippen molar-refractivity contribution in [2.75, 3.05) is 5.32 Å². The van der Waals surface area contributed by atoms with Gasteiger partial charge in [0.15, 0.2) is 5.60 Å². The number of hydrogen-bond acceptors (Lipinski definition) is 3. The Hall–Kier alpha value is -2.07. The molecule has 4 nitrogen and oxygen atoms in total. The predicted molar refractivity (Wildman–Crippen MR) is 88.5 cm³/mol. The lowest BCUT2D eigenvalue weighted by atomic mass is 10.1. The summed E-state index contributed by atoms with van der Waals surface area (Å²) in [6.07, 6.45) is 1.63. The molecule has 0 radical (unpaired) electrons. The summed E-state index contributed by atoms with van der Waals surface area (Å²) in [7, 11) is 0. The normalized spacial score (nSPS) is 11.1. The first-order valence-corrected chi connectivity index (χ1v) is 7.35. The first-order valence-electron chi connectivity index (χ1n) is 6.98. The van der Waals surface area contributed by atoms with Crippen LogP contribution in [0.3, 0.4) is 0 Å². The molecule has 1 N–H and O–H groups in total. The van der Waals surface area contributed by atoms with Gasteiger partial charge in [0, 0.05) is 6.20 Å². The standard InChI is InChI=1S/C17H19ClN2O2/c1-11-7-8-13(18)14(10-11)22-17(3,4)16(21)20-15-12(2)6-5-9-19-15/h5-10H,1-4H3,(H,19,20,21). The van der Waals surface area contributed by atoms with Gasteiger partial charge in [-0.25, -0.2) is 4.98 Å². The summed E-state index contributed by atoms with van der Waals surface area (Å²) >= 11 is 6.12.